The van der Waals surface area contributed by atoms with Crippen LogP contribution in [0.1, 0.15) is 13.3 Å². The number of carbonyl (C=O) groups is 1. The number of methoxy groups -OCH3 is 1. The summed E-state index contributed by atoms with van der Waals surface area (Å²) in [4.78, 5) is 10.8. The van der Waals surface area contributed by atoms with E-state index in [0.717, 1.165) is 6.42 Å². The van der Waals surface area contributed by atoms with Gasteiger partial charge in [0.15, 0.2) is 0 Å². The zero-order valence-corrected chi connectivity index (χ0v) is 8.71. The van der Waals surface area contributed by atoms with Crippen LogP contribution in [0.4, 0.5) is 0 Å². The zero-order chi connectivity index (χ0) is 10.6. The van der Waals surface area contributed by atoms with E-state index in [1.807, 2.05) is 0 Å². The van der Waals surface area contributed by atoms with Crippen LogP contribution >= 0.6 is 0 Å². The van der Waals surface area contributed by atoms with Crippen molar-refractivity contribution in [3.8, 4) is 0 Å². The molecular weight excluding hydrogens is 184 g/mol. The van der Waals surface area contributed by atoms with Gasteiger partial charge in [0.25, 0.3) is 0 Å². The van der Waals surface area contributed by atoms with Crippen LogP contribution in [0.25, 0.3) is 0 Å². The fourth-order valence-electron chi connectivity index (χ4n) is 1.40. The number of nitrogens with two attached hydrogens (primary N) is 1. The lowest BCUT2D eigenvalue weighted by atomic mass is 10.0. The molecule has 1 rings (SSSR count). The molecule has 1 heterocycles. The molecule has 0 spiro atoms. The molecular formula is C9H18N2O3. The van der Waals surface area contributed by atoms with Gasteiger partial charge < -0.3 is 20.5 Å². The van der Waals surface area contributed by atoms with Gasteiger partial charge in [0.05, 0.1) is 12.6 Å². The predicted octanol–water partition coefficient (Wildman–Crippen LogP) is -0.745. The molecule has 1 aliphatic heterocycles. The van der Waals surface area contributed by atoms with Crippen molar-refractivity contribution in [2.45, 2.75) is 25.0 Å². The standard InChI is InChI=1S/C9H18N2O3/c1-7(8(10)12)11-5-9(13-2)3-4-14-6-9/h7,11H,3-6H2,1-2H3,(H2,10,12). The molecule has 1 amide bonds. The molecule has 2 atom stereocenters. The fourth-order valence-corrected chi connectivity index (χ4v) is 1.40. The molecule has 1 saturated heterocycles. The first-order chi connectivity index (χ1) is 6.59. The highest BCUT2D eigenvalue weighted by Crippen LogP contribution is 2.21. The molecule has 0 aromatic rings. The Morgan fingerprint density at radius 1 is 1.79 bits per heavy atom. The predicted molar refractivity (Wildman–Crippen MR) is 51.8 cm³/mol. The topological polar surface area (TPSA) is 73.6 Å². The molecule has 5 heteroatoms. The Morgan fingerprint density at radius 3 is 2.93 bits per heavy atom. The Morgan fingerprint density at radius 2 is 2.50 bits per heavy atom. The summed E-state index contributed by atoms with van der Waals surface area (Å²) in [6, 6.07) is -0.331. The summed E-state index contributed by atoms with van der Waals surface area (Å²) in [6.07, 6.45) is 0.849. The number of rotatable bonds is 5. The Kier molecular flexibility index (Phi) is 3.86. The third-order valence-electron chi connectivity index (χ3n) is 2.66. The van der Waals surface area contributed by atoms with Gasteiger partial charge in [-0.15, -0.1) is 0 Å². The van der Waals surface area contributed by atoms with Crippen molar-refractivity contribution < 1.29 is 14.3 Å². The second-order valence-electron chi connectivity index (χ2n) is 3.69. The molecule has 14 heavy (non-hydrogen) atoms. The summed E-state index contributed by atoms with van der Waals surface area (Å²) in [5, 5.41) is 3.04. The summed E-state index contributed by atoms with van der Waals surface area (Å²) in [5.74, 6) is -0.352. The largest absolute Gasteiger partial charge is 0.378 e. The van der Waals surface area contributed by atoms with Crippen LogP contribution < -0.4 is 11.1 Å². The summed E-state index contributed by atoms with van der Waals surface area (Å²) in [5.41, 5.74) is 4.84. The monoisotopic (exact) mass is 202 g/mol. The van der Waals surface area contributed by atoms with Crippen LogP contribution in [0.5, 0.6) is 0 Å². The van der Waals surface area contributed by atoms with Gasteiger partial charge in [0.1, 0.15) is 5.60 Å². The number of amides is 1. The van der Waals surface area contributed by atoms with Crippen LogP contribution in [0.3, 0.4) is 0 Å². The van der Waals surface area contributed by atoms with Crippen molar-refractivity contribution in [3.63, 3.8) is 0 Å². The van der Waals surface area contributed by atoms with E-state index in [-0.39, 0.29) is 17.6 Å². The van der Waals surface area contributed by atoms with E-state index in [0.29, 0.717) is 19.8 Å². The molecule has 0 aromatic heterocycles. The average Bonchev–Trinajstić information content (AvgIpc) is 2.63. The first-order valence-corrected chi connectivity index (χ1v) is 4.75. The molecule has 0 saturated carbocycles. The third-order valence-corrected chi connectivity index (χ3v) is 2.66. The summed E-state index contributed by atoms with van der Waals surface area (Å²) in [7, 11) is 1.66. The van der Waals surface area contributed by atoms with E-state index >= 15 is 0 Å². The normalized spacial score (nSPS) is 29.0. The quantitative estimate of drug-likeness (QED) is 0.615. The Bertz CT molecular complexity index is 202. The minimum atomic E-state index is -0.352. The summed E-state index contributed by atoms with van der Waals surface area (Å²) < 4.78 is 10.7. The number of ether oxygens (including phenoxy) is 2. The highest BCUT2D eigenvalue weighted by atomic mass is 16.5. The number of hydrogen-bond acceptors (Lipinski definition) is 4. The second kappa shape index (κ2) is 4.72. The number of primary amides is 1. The van der Waals surface area contributed by atoms with Gasteiger partial charge in [-0.05, 0) is 6.92 Å². The van der Waals surface area contributed by atoms with Crippen molar-refractivity contribution in [3.05, 3.63) is 0 Å². The van der Waals surface area contributed by atoms with E-state index in [2.05, 4.69) is 5.32 Å². The van der Waals surface area contributed by atoms with Gasteiger partial charge in [0.2, 0.25) is 5.91 Å². The maximum Gasteiger partial charge on any atom is 0.234 e. The van der Waals surface area contributed by atoms with Crippen molar-refractivity contribution in [2.24, 2.45) is 5.73 Å². The van der Waals surface area contributed by atoms with Gasteiger partial charge in [-0.1, -0.05) is 0 Å². The van der Waals surface area contributed by atoms with Crippen LogP contribution in [-0.2, 0) is 14.3 Å². The first-order valence-electron chi connectivity index (χ1n) is 4.75. The summed E-state index contributed by atoms with van der Waals surface area (Å²) in [6.45, 7) is 3.61. The Labute approximate surface area is 83.9 Å². The van der Waals surface area contributed by atoms with E-state index in [9.17, 15) is 4.79 Å². The minimum Gasteiger partial charge on any atom is -0.378 e. The molecule has 5 nitrogen and oxygen atoms in total. The van der Waals surface area contributed by atoms with Crippen LogP contribution in [0.15, 0.2) is 0 Å². The first kappa shape index (κ1) is 11.4. The molecule has 0 bridgehead atoms. The lowest BCUT2D eigenvalue weighted by Gasteiger charge is -2.27. The Hall–Kier alpha value is -0.650. The molecule has 0 aliphatic carbocycles. The van der Waals surface area contributed by atoms with Gasteiger partial charge in [-0.3, -0.25) is 4.79 Å². The van der Waals surface area contributed by atoms with Crippen molar-refractivity contribution in [1.82, 2.24) is 5.32 Å². The second-order valence-corrected chi connectivity index (χ2v) is 3.69. The third kappa shape index (κ3) is 2.67. The van der Waals surface area contributed by atoms with Gasteiger partial charge >= 0.3 is 0 Å². The summed E-state index contributed by atoms with van der Waals surface area (Å²) >= 11 is 0. The van der Waals surface area contributed by atoms with Gasteiger partial charge in [-0.25, -0.2) is 0 Å². The molecule has 0 radical (unpaired) electrons. The zero-order valence-electron chi connectivity index (χ0n) is 8.71. The number of carbonyl (C=O) groups excluding carboxylic acids is 1. The highest BCUT2D eigenvalue weighted by Gasteiger charge is 2.35. The van der Waals surface area contributed by atoms with E-state index in [1.54, 1.807) is 14.0 Å². The molecule has 1 aliphatic rings. The fraction of sp³-hybridized carbons (Fsp3) is 0.889. The molecule has 0 aromatic carbocycles. The van der Waals surface area contributed by atoms with Crippen molar-refractivity contribution in [2.75, 3.05) is 26.9 Å². The van der Waals surface area contributed by atoms with E-state index in [1.165, 1.54) is 0 Å². The maximum absolute atomic E-state index is 10.8. The molecule has 1 fully saturated rings. The van der Waals surface area contributed by atoms with Gasteiger partial charge in [0, 0.05) is 26.7 Å². The number of nitrogens with one attached hydrogen (secondary N) is 1. The van der Waals surface area contributed by atoms with Crippen molar-refractivity contribution in [1.29, 1.82) is 0 Å². The van der Waals surface area contributed by atoms with Crippen LogP contribution in [-0.4, -0.2) is 44.4 Å². The average molecular weight is 202 g/mol. The lowest BCUT2D eigenvalue weighted by molar-refractivity contribution is -0.120. The van der Waals surface area contributed by atoms with Crippen LogP contribution in [0.2, 0.25) is 0 Å². The van der Waals surface area contributed by atoms with E-state index in [4.69, 9.17) is 15.2 Å². The van der Waals surface area contributed by atoms with E-state index < -0.39 is 0 Å². The SMILES string of the molecule is COC1(CNC(C)C(N)=O)CCOC1. The maximum atomic E-state index is 10.8. The lowest BCUT2D eigenvalue weighted by Crippen LogP contribution is -2.49. The smallest absolute Gasteiger partial charge is 0.234 e. The molecule has 2 unspecified atom stereocenters. The van der Waals surface area contributed by atoms with Gasteiger partial charge in [-0.2, -0.15) is 0 Å². The minimum absolute atomic E-state index is 0.288. The van der Waals surface area contributed by atoms with Crippen LogP contribution in [0, 0.1) is 0 Å². The highest BCUT2D eigenvalue weighted by molar-refractivity contribution is 5.79. The Balaban J connectivity index is 2.38. The number of hydrogen-bond donors (Lipinski definition) is 2. The molecule has 3 N–H and O–H groups in total. The van der Waals surface area contributed by atoms with Crippen molar-refractivity contribution >= 4 is 5.91 Å². The molecule has 82 valence electrons.